The Morgan fingerprint density at radius 2 is 2.04 bits per heavy atom. The number of piperidine rings is 1. The van der Waals surface area contributed by atoms with Crippen molar-refractivity contribution in [3.63, 3.8) is 0 Å². The van der Waals surface area contributed by atoms with Gasteiger partial charge in [0.2, 0.25) is 0 Å². The summed E-state index contributed by atoms with van der Waals surface area (Å²) in [4.78, 5) is 12.0. The van der Waals surface area contributed by atoms with Crippen molar-refractivity contribution in [1.82, 2.24) is 10.6 Å². The van der Waals surface area contributed by atoms with E-state index in [-0.39, 0.29) is 12.5 Å². The number of nitrogens with one attached hydrogen (secondary N) is 2. The van der Waals surface area contributed by atoms with Crippen LogP contribution in [-0.4, -0.2) is 32.1 Å². The van der Waals surface area contributed by atoms with Crippen molar-refractivity contribution in [2.45, 2.75) is 12.8 Å². The van der Waals surface area contributed by atoms with Gasteiger partial charge in [-0.15, -0.1) is 0 Å². The van der Waals surface area contributed by atoms with Gasteiger partial charge in [0.25, 0.3) is 5.91 Å². The molecule has 1 amide bonds. The molecule has 1 aliphatic rings. The Morgan fingerprint density at radius 3 is 2.76 bits per heavy atom. The standard InChI is InChI=1S/C20H23ClN2O2/c21-18-11-17(16-6-2-1-3-7-16)8-9-19(18)25-14-20(24)23-13-15-5-4-10-22-12-15/h1-3,6-9,11,15,22H,4-5,10,12-14H2,(H,23,24). The summed E-state index contributed by atoms with van der Waals surface area (Å²) >= 11 is 6.30. The minimum atomic E-state index is -0.117. The molecule has 0 aromatic heterocycles. The average molecular weight is 359 g/mol. The first kappa shape index (κ1) is 17.8. The summed E-state index contributed by atoms with van der Waals surface area (Å²) in [6, 6.07) is 15.6. The molecule has 1 aliphatic heterocycles. The van der Waals surface area contributed by atoms with E-state index in [0.29, 0.717) is 23.2 Å². The number of ether oxygens (including phenoxy) is 1. The summed E-state index contributed by atoms with van der Waals surface area (Å²) < 4.78 is 5.57. The van der Waals surface area contributed by atoms with E-state index in [4.69, 9.17) is 16.3 Å². The van der Waals surface area contributed by atoms with E-state index in [0.717, 1.165) is 30.6 Å². The van der Waals surface area contributed by atoms with E-state index in [2.05, 4.69) is 10.6 Å². The Morgan fingerprint density at radius 1 is 1.20 bits per heavy atom. The van der Waals surface area contributed by atoms with Crippen molar-refractivity contribution in [1.29, 1.82) is 0 Å². The zero-order valence-corrected chi connectivity index (χ0v) is 14.9. The van der Waals surface area contributed by atoms with E-state index in [1.807, 2.05) is 48.5 Å². The lowest BCUT2D eigenvalue weighted by Gasteiger charge is -2.22. The average Bonchev–Trinajstić information content (AvgIpc) is 2.67. The van der Waals surface area contributed by atoms with Crippen LogP contribution in [0.1, 0.15) is 12.8 Å². The van der Waals surface area contributed by atoms with Gasteiger partial charge in [-0.05, 0) is 55.1 Å². The fourth-order valence-electron chi connectivity index (χ4n) is 2.98. The summed E-state index contributed by atoms with van der Waals surface area (Å²) in [6.07, 6.45) is 2.32. The quantitative estimate of drug-likeness (QED) is 0.831. The van der Waals surface area contributed by atoms with E-state index in [9.17, 15) is 4.79 Å². The molecule has 0 radical (unpaired) electrons. The van der Waals surface area contributed by atoms with E-state index in [1.54, 1.807) is 0 Å². The summed E-state index contributed by atoms with van der Waals surface area (Å²) in [5.41, 5.74) is 2.11. The third-order valence-corrected chi connectivity index (χ3v) is 4.68. The Kier molecular flexibility index (Phi) is 6.31. The predicted molar refractivity (Wildman–Crippen MR) is 101 cm³/mol. The molecule has 5 heteroatoms. The van der Waals surface area contributed by atoms with Gasteiger partial charge in [0.15, 0.2) is 6.61 Å². The molecule has 2 aromatic rings. The molecular formula is C20H23ClN2O2. The molecule has 1 atom stereocenters. The molecule has 0 spiro atoms. The van der Waals surface area contributed by atoms with Crippen LogP contribution in [0.4, 0.5) is 0 Å². The van der Waals surface area contributed by atoms with Gasteiger partial charge >= 0.3 is 0 Å². The summed E-state index contributed by atoms with van der Waals surface area (Å²) in [5.74, 6) is 0.913. The van der Waals surface area contributed by atoms with Gasteiger partial charge in [-0.3, -0.25) is 4.79 Å². The molecule has 1 unspecified atom stereocenters. The van der Waals surface area contributed by atoms with Crippen LogP contribution in [0.25, 0.3) is 11.1 Å². The first-order valence-corrected chi connectivity index (χ1v) is 9.05. The van der Waals surface area contributed by atoms with Crippen LogP contribution in [-0.2, 0) is 4.79 Å². The molecular weight excluding hydrogens is 336 g/mol. The van der Waals surface area contributed by atoms with Crippen molar-refractivity contribution in [2.24, 2.45) is 5.92 Å². The number of hydrogen-bond acceptors (Lipinski definition) is 3. The maximum Gasteiger partial charge on any atom is 0.257 e. The van der Waals surface area contributed by atoms with Gasteiger partial charge in [-0.25, -0.2) is 0 Å². The second-order valence-corrected chi connectivity index (χ2v) is 6.72. The Bertz CT molecular complexity index is 700. The van der Waals surface area contributed by atoms with Gasteiger partial charge in [-0.2, -0.15) is 0 Å². The highest BCUT2D eigenvalue weighted by Crippen LogP contribution is 2.30. The smallest absolute Gasteiger partial charge is 0.257 e. The number of amides is 1. The fourth-order valence-corrected chi connectivity index (χ4v) is 3.21. The van der Waals surface area contributed by atoms with Crippen LogP contribution in [0, 0.1) is 5.92 Å². The lowest BCUT2D eigenvalue weighted by molar-refractivity contribution is -0.123. The lowest BCUT2D eigenvalue weighted by Crippen LogP contribution is -2.39. The van der Waals surface area contributed by atoms with Crippen LogP contribution < -0.4 is 15.4 Å². The molecule has 2 aromatic carbocycles. The van der Waals surface area contributed by atoms with Crippen molar-refractivity contribution in [3.05, 3.63) is 53.6 Å². The molecule has 0 saturated carbocycles. The highest BCUT2D eigenvalue weighted by atomic mass is 35.5. The van der Waals surface area contributed by atoms with Crippen molar-refractivity contribution < 1.29 is 9.53 Å². The molecule has 3 rings (SSSR count). The largest absolute Gasteiger partial charge is 0.482 e. The SMILES string of the molecule is O=C(COc1ccc(-c2ccccc2)cc1Cl)NCC1CCCNC1. The molecule has 1 heterocycles. The number of rotatable bonds is 6. The first-order chi connectivity index (χ1) is 12.2. The second-order valence-electron chi connectivity index (χ2n) is 6.32. The number of halogens is 1. The summed E-state index contributed by atoms with van der Waals surface area (Å²) in [5, 5.41) is 6.78. The maximum absolute atomic E-state index is 12.0. The first-order valence-electron chi connectivity index (χ1n) is 8.67. The van der Waals surface area contributed by atoms with Crippen LogP contribution in [0.15, 0.2) is 48.5 Å². The molecule has 0 bridgehead atoms. The Hall–Kier alpha value is -2.04. The zero-order valence-electron chi connectivity index (χ0n) is 14.1. The monoisotopic (exact) mass is 358 g/mol. The molecule has 1 saturated heterocycles. The molecule has 4 nitrogen and oxygen atoms in total. The Balaban J connectivity index is 1.50. The minimum absolute atomic E-state index is 0.0233. The fraction of sp³-hybridized carbons (Fsp3) is 0.350. The van der Waals surface area contributed by atoms with Crippen LogP contribution >= 0.6 is 11.6 Å². The minimum Gasteiger partial charge on any atom is -0.482 e. The zero-order chi connectivity index (χ0) is 17.5. The number of hydrogen-bond donors (Lipinski definition) is 2. The van der Waals surface area contributed by atoms with Gasteiger partial charge in [0.1, 0.15) is 5.75 Å². The Labute approximate surface area is 153 Å². The van der Waals surface area contributed by atoms with Gasteiger partial charge in [0, 0.05) is 6.54 Å². The second kappa shape index (κ2) is 8.88. The van der Waals surface area contributed by atoms with Gasteiger partial charge in [0.05, 0.1) is 5.02 Å². The molecule has 132 valence electrons. The highest BCUT2D eigenvalue weighted by molar-refractivity contribution is 6.32. The van der Waals surface area contributed by atoms with Crippen LogP contribution in [0.2, 0.25) is 5.02 Å². The van der Waals surface area contributed by atoms with Gasteiger partial charge in [-0.1, -0.05) is 48.0 Å². The normalized spacial score (nSPS) is 17.1. The van der Waals surface area contributed by atoms with Gasteiger partial charge < -0.3 is 15.4 Å². The van der Waals surface area contributed by atoms with Crippen molar-refractivity contribution in [3.8, 4) is 16.9 Å². The molecule has 0 aliphatic carbocycles. The number of carbonyl (C=O) groups is 1. The third kappa shape index (κ3) is 5.21. The topological polar surface area (TPSA) is 50.4 Å². The van der Waals surface area contributed by atoms with Crippen LogP contribution in [0.5, 0.6) is 5.75 Å². The van der Waals surface area contributed by atoms with E-state index < -0.39 is 0 Å². The lowest BCUT2D eigenvalue weighted by atomic mass is 10.00. The van der Waals surface area contributed by atoms with Crippen LogP contribution in [0.3, 0.4) is 0 Å². The molecule has 25 heavy (non-hydrogen) atoms. The maximum atomic E-state index is 12.0. The number of carbonyl (C=O) groups excluding carboxylic acids is 1. The predicted octanol–water partition coefficient (Wildman–Crippen LogP) is 3.50. The highest BCUT2D eigenvalue weighted by Gasteiger charge is 2.14. The van der Waals surface area contributed by atoms with Crippen molar-refractivity contribution >= 4 is 17.5 Å². The van der Waals surface area contributed by atoms with E-state index >= 15 is 0 Å². The summed E-state index contributed by atoms with van der Waals surface area (Å²) in [7, 11) is 0. The number of benzene rings is 2. The van der Waals surface area contributed by atoms with E-state index in [1.165, 1.54) is 6.42 Å². The summed E-state index contributed by atoms with van der Waals surface area (Å²) in [6.45, 7) is 2.71. The molecule has 2 N–H and O–H groups in total. The van der Waals surface area contributed by atoms with Crippen molar-refractivity contribution in [2.75, 3.05) is 26.2 Å². The third-order valence-electron chi connectivity index (χ3n) is 4.38. The molecule has 1 fully saturated rings.